The molecule has 3 rings (SSSR count). The molecule has 0 saturated carbocycles. The van der Waals surface area contributed by atoms with Gasteiger partial charge in [0.2, 0.25) is 0 Å². The summed E-state index contributed by atoms with van der Waals surface area (Å²) in [5, 5.41) is 5.59. The Morgan fingerprint density at radius 3 is 2.32 bits per heavy atom. The van der Waals surface area contributed by atoms with E-state index in [9.17, 15) is 9.59 Å². The summed E-state index contributed by atoms with van der Waals surface area (Å²) in [6.45, 7) is 2.07. The molecule has 1 heterocycles. The molecule has 0 radical (unpaired) electrons. The lowest BCUT2D eigenvalue weighted by Crippen LogP contribution is -2.27. The fourth-order valence-corrected chi connectivity index (χ4v) is 2.59. The van der Waals surface area contributed by atoms with Crippen LogP contribution in [-0.4, -0.2) is 17.0 Å². The maximum absolute atomic E-state index is 12.3. The lowest BCUT2D eigenvalue weighted by atomic mass is 10.1. The van der Waals surface area contributed by atoms with Crippen molar-refractivity contribution in [2.75, 3.05) is 5.32 Å². The fourth-order valence-electron chi connectivity index (χ4n) is 2.59. The van der Waals surface area contributed by atoms with Crippen LogP contribution in [0.1, 0.15) is 34.5 Å². The van der Waals surface area contributed by atoms with Gasteiger partial charge in [-0.2, -0.15) is 0 Å². The zero-order valence-corrected chi connectivity index (χ0v) is 15.5. The number of alkyl carbamates (subject to hydrolysis) is 1. The number of benzene rings is 2. The molecule has 0 aliphatic rings. The van der Waals surface area contributed by atoms with Gasteiger partial charge in [0, 0.05) is 23.6 Å². The summed E-state index contributed by atoms with van der Waals surface area (Å²) in [6.07, 6.45) is 2.74. The lowest BCUT2D eigenvalue weighted by Gasteiger charge is -2.15. The quantitative estimate of drug-likeness (QED) is 0.672. The zero-order valence-electron chi connectivity index (χ0n) is 15.5. The second-order valence-corrected chi connectivity index (χ2v) is 6.24. The molecule has 1 atom stereocenters. The maximum atomic E-state index is 12.3. The zero-order chi connectivity index (χ0) is 19.8. The van der Waals surface area contributed by atoms with Gasteiger partial charge in [0.25, 0.3) is 5.91 Å². The number of pyridine rings is 1. The number of amides is 2. The van der Waals surface area contributed by atoms with Gasteiger partial charge in [-0.3, -0.25) is 9.78 Å². The summed E-state index contributed by atoms with van der Waals surface area (Å²) >= 11 is 0. The largest absolute Gasteiger partial charge is 0.445 e. The fraction of sp³-hybridized carbons (Fsp3) is 0.136. The minimum absolute atomic E-state index is 0.208. The van der Waals surface area contributed by atoms with E-state index in [1.165, 1.54) is 0 Å². The highest BCUT2D eigenvalue weighted by Gasteiger charge is 2.12. The standard InChI is InChI=1S/C22H21N3O3/c1-16(24-22(27)28-15-17-5-3-2-4-6-17)18-7-9-19(10-8-18)21(26)25-20-11-13-23-14-12-20/h2-14,16H,15H2,1H3,(H,24,27)(H,23,25,26). The van der Waals surface area contributed by atoms with E-state index in [1.807, 2.05) is 49.4 Å². The van der Waals surface area contributed by atoms with Crippen molar-refractivity contribution in [2.45, 2.75) is 19.6 Å². The van der Waals surface area contributed by atoms with Crippen molar-refractivity contribution >= 4 is 17.7 Å². The summed E-state index contributed by atoms with van der Waals surface area (Å²) in [5.41, 5.74) is 3.01. The summed E-state index contributed by atoms with van der Waals surface area (Å²) < 4.78 is 5.23. The van der Waals surface area contributed by atoms with E-state index in [2.05, 4.69) is 15.6 Å². The predicted octanol–water partition coefficient (Wildman–Crippen LogP) is 4.32. The van der Waals surface area contributed by atoms with Gasteiger partial charge in [-0.05, 0) is 42.3 Å². The van der Waals surface area contributed by atoms with Gasteiger partial charge >= 0.3 is 6.09 Å². The lowest BCUT2D eigenvalue weighted by molar-refractivity contribution is 0.102. The molecule has 2 aromatic carbocycles. The third kappa shape index (κ3) is 5.41. The van der Waals surface area contributed by atoms with Gasteiger partial charge in [-0.1, -0.05) is 42.5 Å². The van der Waals surface area contributed by atoms with Gasteiger partial charge in [-0.25, -0.2) is 4.79 Å². The first kappa shape index (κ1) is 19.1. The van der Waals surface area contributed by atoms with Crippen molar-refractivity contribution < 1.29 is 14.3 Å². The molecule has 0 saturated heterocycles. The predicted molar refractivity (Wildman–Crippen MR) is 107 cm³/mol. The number of anilines is 1. The molecule has 142 valence electrons. The summed E-state index contributed by atoms with van der Waals surface area (Å²) in [5.74, 6) is -0.208. The number of carbonyl (C=O) groups excluding carboxylic acids is 2. The maximum Gasteiger partial charge on any atom is 0.407 e. The monoisotopic (exact) mass is 375 g/mol. The minimum Gasteiger partial charge on any atom is -0.445 e. The van der Waals surface area contributed by atoms with Crippen molar-refractivity contribution in [3.8, 4) is 0 Å². The molecule has 6 nitrogen and oxygen atoms in total. The Bertz CT molecular complexity index is 913. The highest BCUT2D eigenvalue weighted by molar-refractivity contribution is 6.04. The van der Waals surface area contributed by atoms with Crippen molar-refractivity contribution in [2.24, 2.45) is 0 Å². The van der Waals surface area contributed by atoms with Crippen LogP contribution in [0.3, 0.4) is 0 Å². The van der Waals surface area contributed by atoms with Crippen LogP contribution in [0.5, 0.6) is 0 Å². The van der Waals surface area contributed by atoms with Crippen LogP contribution >= 0.6 is 0 Å². The van der Waals surface area contributed by atoms with Crippen LogP contribution in [0, 0.1) is 0 Å². The van der Waals surface area contributed by atoms with E-state index < -0.39 is 6.09 Å². The van der Waals surface area contributed by atoms with Crippen LogP contribution in [0.4, 0.5) is 10.5 Å². The van der Waals surface area contributed by atoms with Crippen LogP contribution in [0.2, 0.25) is 0 Å². The molecule has 0 fully saturated rings. The number of carbonyl (C=O) groups is 2. The first-order valence-electron chi connectivity index (χ1n) is 8.90. The average Bonchev–Trinajstić information content (AvgIpc) is 2.74. The highest BCUT2D eigenvalue weighted by Crippen LogP contribution is 2.15. The number of rotatable bonds is 6. The molecule has 1 aromatic heterocycles. The van der Waals surface area contributed by atoms with Gasteiger partial charge in [0.1, 0.15) is 6.61 Å². The number of hydrogen-bond acceptors (Lipinski definition) is 4. The number of ether oxygens (including phenoxy) is 1. The minimum atomic E-state index is -0.490. The van der Waals surface area contributed by atoms with Crippen LogP contribution in [-0.2, 0) is 11.3 Å². The SMILES string of the molecule is CC(NC(=O)OCc1ccccc1)c1ccc(C(=O)Nc2ccncc2)cc1. The summed E-state index contributed by atoms with van der Waals surface area (Å²) in [7, 11) is 0. The molecular formula is C22H21N3O3. The second kappa shape index (κ2) is 9.32. The molecule has 0 aliphatic carbocycles. The van der Waals surface area contributed by atoms with Crippen molar-refractivity contribution in [1.82, 2.24) is 10.3 Å². The topological polar surface area (TPSA) is 80.3 Å². The molecule has 0 spiro atoms. The Morgan fingerprint density at radius 2 is 1.64 bits per heavy atom. The van der Waals surface area contributed by atoms with Crippen LogP contribution < -0.4 is 10.6 Å². The normalized spacial score (nSPS) is 11.3. The van der Waals surface area contributed by atoms with E-state index in [4.69, 9.17) is 4.74 Å². The van der Waals surface area contributed by atoms with Gasteiger partial charge in [0.15, 0.2) is 0 Å². The van der Waals surface area contributed by atoms with E-state index in [0.717, 1.165) is 11.1 Å². The number of hydrogen-bond donors (Lipinski definition) is 2. The first-order valence-corrected chi connectivity index (χ1v) is 8.90. The highest BCUT2D eigenvalue weighted by atomic mass is 16.5. The van der Waals surface area contributed by atoms with Crippen molar-refractivity contribution in [3.63, 3.8) is 0 Å². The Kier molecular flexibility index (Phi) is 6.36. The van der Waals surface area contributed by atoms with Gasteiger partial charge in [-0.15, -0.1) is 0 Å². The van der Waals surface area contributed by atoms with Gasteiger partial charge in [0.05, 0.1) is 6.04 Å². The Hall–Kier alpha value is -3.67. The molecule has 28 heavy (non-hydrogen) atoms. The van der Waals surface area contributed by atoms with Gasteiger partial charge < -0.3 is 15.4 Å². The Labute approximate surface area is 163 Å². The van der Waals surface area contributed by atoms with Crippen molar-refractivity contribution in [1.29, 1.82) is 0 Å². The van der Waals surface area contributed by atoms with Crippen LogP contribution in [0.25, 0.3) is 0 Å². The smallest absolute Gasteiger partial charge is 0.407 e. The molecule has 6 heteroatoms. The van der Waals surface area contributed by atoms with Crippen molar-refractivity contribution in [3.05, 3.63) is 95.8 Å². The third-order valence-electron chi connectivity index (χ3n) is 4.16. The molecule has 3 aromatic rings. The number of nitrogens with zero attached hydrogens (tertiary/aromatic N) is 1. The second-order valence-electron chi connectivity index (χ2n) is 6.24. The van der Waals surface area contributed by atoms with Crippen LogP contribution in [0.15, 0.2) is 79.1 Å². The number of nitrogens with one attached hydrogen (secondary N) is 2. The van der Waals surface area contributed by atoms with E-state index in [1.54, 1.807) is 36.7 Å². The van der Waals surface area contributed by atoms with E-state index in [-0.39, 0.29) is 18.6 Å². The number of aromatic nitrogens is 1. The molecule has 1 unspecified atom stereocenters. The van der Waals surface area contributed by atoms with E-state index in [0.29, 0.717) is 11.3 Å². The van der Waals surface area contributed by atoms with E-state index >= 15 is 0 Å². The molecule has 2 amide bonds. The Morgan fingerprint density at radius 1 is 0.964 bits per heavy atom. The molecule has 2 N–H and O–H groups in total. The third-order valence-corrected chi connectivity index (χ3v) is 4.16. The molecule has 0 bridgehead atoms. The first-order chi connectivity index (χ1) is 13.6. The molecule has 0 aliphatic heterocycles. The summed E-state index contributed by atoms with van der Waals surface area (Å²) in [6, 6.07) is 19.7. The average molecular weight is 375 g/mol. The Balaban J connectivity index is 1.52. The molecular weight excluding hydrogens is 354 g/mol. The summed E-state index contributed by atoms with van der Waals surface area (Å²) in [4.78, 5) is 28.2.